The molecule has 1 fully saturated rings. The molecule has 2 atom stereocenters. The molecule has 0 spiro atoms. The Morgan fingerprint density at radius 1 is 1.90 bits per heavy atom. The fourth-order valence-corrected chi connectivity index (χ4v) is 0.830. The Morgan fingerprint density at radius 2 is 2.50 bits per heavy atom. The molecule has 1 aliphatic carbocycles. The van der Waals surface area contributed by atoms with Gasteiger partial charge in [-0.25, -0.2) is 0 Å². The second kappa shape index (κ2) is 4.02. The van der Waals surface area contributed by atoms with Gasteiger partial charge in [0.25, 0.3) is 0 Å². The molecule has 0 amide bonds. The molecule has 1 N–H and O–H groups in total. The maximum atomic E-state index is 10.2. The molecule has 10 heavy (non-hydrogen) atoms. The molecule has 0 aromatic heterocycles. The van der Waals surface area contributed by atoms with Crippen LogP contribution in [-0.4, -0.2) is 23.8 Å². The molecule has 0 aromatic rings. The molecule has 0 radical (unpaired) electrons. The van der Waals surface area contributed by atoms with Gasteiger partial charge in [-0.05, 0) is 13.3 Å². The smallest absolute Gasteiger partial charge is 1.00 e. The van der Waals surface area contributed by atoms with Crippen molar-refractivity contribution in [3.05, 3.63) is 0 Å². The Kier molecular flexibility index (Phi) is 4.03. The summed E-state index contributed by atoms with van der Waals surface area (Å²) in [6, 6.07) is 0. The number of carbonyl (C=O) groups is 1. The van der Waals surface area contributed by atoms with Crippen molar-refractivity contribution in [2.24, 2.45) is 5.92 Å². The van der Waals surface area contributed by atoms with Gasteiger partial charge < -0.3 is 11.3 Å². The van der Waals surface area contributed by atoms with Crippen molar-refractivity contribution in [1.82, 2.24) is 0 Å². The molecule has 0 heterocycles. The minimum atomic E-state index is -0.728. The Balaban J connectivity index is 0. The number of aliphatic carboxylic acids is 1. The zero-order chi connectivity index (χ0) is 6.85. The van der Waals surface area contributed by atoms with Crippen LogP contribution in [-0.2, 0) is 9.53 Å². The first-order valence-electron chi connectivity index (χ1n) is 3.10. The fourth-order valence-electron chi connectivity index (χ4n) is 0.830. The standard InChI is InChI=1S/C6H10O3.Li.H/c1-2-9-5-3-4(5)6(7)8;;/h4-5H,2-3H2,1H3,(H,7,8);;/q;+1;-1. The Hall–Kier alpha value is 0.0274. The number of hydrogen-bond donors (Lipinski definition) is 1. The fraction of sp³-hybridized carbons (Fsp3) is 0.833. The molecular formula is C6H11LiO3. The largest absolute Gasteiger partial charge is 1.00 e. The second-order valence-electron chi connectivity index (χ2n) is 2.17. The summed E-state index contributed by atoms with van der Waals surface area (Å²) in [4.78, 5) is 10.2. The minimum absolute atomic E-state index is 0. The van der Waals surface area contributed by atoms with Crippen molar-refractivity contribution in [3.63, 3.8) is 0 Å². The summed E-state index contributed by atoms with van der Waals surface area (Å²) in [6.07, 6.45) is 0.705. The van der Waals surface area contributed by atoms with Crippen LogP contribution in [0.1, 0.15) is 14.8 Å². The molecule has 0 aliphatic heterocycles. The molecule has 1 aliphatic rings. The van der Waals surface area contributed by atoms with Crippen molar-refractivity contribution in [1.29, 1.82) is 0 Å². The molecule has 1 saturated carbocycles. The zero-order valence-corrected chi connectivity index (χ0v) is 6.33. The number of ether oxygens (including phenoxy) is 1. The van der Waals surface area contributed by atoms with Gasteiger partial charge in [0.15, 0.2) is 0 Å². The first-order chi connectivity index (χ1) is 4.25. The summed E-state index contributed by atoms with van der Waals surface area (Å²) in [5.41, 5.74) is 0. The van der Waals surface area contributed by atoms with Gasteiger partial charge in [0, 0.05) is 6.61 Å². The van der Waals surface area contributed by atoms with E-state index < -0.39 is 5.97 Å². The van der Waals surface area contributed by atoms with E-state index in [1.807, 2.05) is 6.92 Å². The summed E-state index contributed by atoms with van der Waals surface area (Å²) in [5, 5.41) is 8.37. The first kappa shape index (κ1) is 10.0. The maximum Gasteiger partial charge on any atom is 1.00 e. The molecule has 0 aromatic carbocycles. The van der Waals surface area contributed by atoms with Gasteiger partial charge in [-0.3, -0.25) is 4.79 Å². The van der Waals surface area contributed by atoms with E-state index in [-0.39, 0.29) is 32.3 Å². The van der Waals surface area contributed by atoms with E-state index in [1.54, 1.807) is 0 Å². The van der Waals surface area contributed by atoms with Gasteiger partial charge in [0.05, 0.1) is 12.0 Å². The SMILES string of the molecule is CCOC1CC1C(=O)O.[H-].[Li+]. The number of hydrogen-bond acceptors (Lipinski definition) is 2. The van der Waals surface area contributed by atoms with Crippen LogP contribution in [0, 0.1) is 5.92 Å². The van der Waals surface area contributed by atoms with Crippen LogP contribution >= 0.6 is 0 Å². The number of rotatable bonds is 3. The van der Waals surface area contributed by atoms with Crippen molar-refractivity contribution in [2.45, 2.75) is 19.4 Å². The van der Waals surface area contributed by atoms with E-state index in [9.17, 15) is 4.79 Å². The molecule has 3 nitrogen and oxygen atoms in total. The van der Waals surface area contributed by atoms with Crippen molar-refractivity contribution < 1.29 is 34.9 Å². The van der Waals surface area contributed by atoms with Crippen LogP contribution in [0.2, 0.25) is 0 Å². The number of carboxylic acids is 1. The third-order valence-corrected chi connectivity index (χ3v) is 1.43. The molecule has 0 bridgehead atoms. The molecule has 4 heteroatoms. The molecule has 1 rings (SSSR count). The van der Waals surface area contributed by atoms with E-state index >= 15 is 0 Å². The van der Waals surface area contributed by atoms with Gasteiger partial charge >= 0.3 is 24.8 Å². The average molecular weight is 138 g/mol. The van der Waals surface area contributed by atoms with Crippen LogP contribution in [0.25, 0.3) is 0 Å². The van der Waals surface area contributed by atoms with E-state index in [2.05, 4.69) is 0 Å². The van der Waals surface area contributed by atoms with Crippen LogP contribution in [0.4, 0.5) is 0 Å². The van der Waals surface area contributed by atoms with E-state index in [4.69, 9.17) is 9.84 Å². The molecule has 0 saturated heterocycles. The molecule has 2 unspecified atom stereocenters. The van der Waals surface area contributed by atoms with Gasteiger partial charge in [0.1, 0.15) is 0 Å². The van der Waals surface area contributed by atoms with E-state index in [1.165, 1.54) is 0 Å². The summed E-state index contributed by atoms with van der Waals surface area (Å²) >= 11 is 0. The average Bonchev–Trinajstić information content (AvgIpc) is 2.47. The van der Waals surface area contributed by atoms with Gasteiger partial charge in [-0.15, -0.1) is 0 Å². The van der Waals surface area contributed by atoms with Gasteiger partial charge in [-0.2, -0.15) is 0 Å². The number of carboxylic acid groups (broad SMARTS) is 1. The van der Waals surface area contributed by atoms with Crippen molar-refractivity contribution >= 4 is 5.97 Å². The Labute approximate surface area is 73.4 Å². The third-order valence-electron chi connectivity index (χ3n) is 1.43. The zero-order valence-electron chi connectivity index (χ0n) is 7.33. The Bertz CT molecular complexity index is 131. The quantitative estimate of drug-likeness (QED) is 0.443. The van der Waals surface area contributed by atoms with E-state index in [0.29, 0.717) is 13.0 Å². The third kappa shape index (κ3) is 2.34. The van der Waals surface area contributed by atoms with Crippen LogP contribution in [0.3, 0.4) is 0 Å². The summed E-state index contributed by atoms with van der Waals surface area (Å²) in [5.74, 6) is -0.946. The van der Waals surface area contributed by atoms with Gasteiger partial charge in [0.2, 0.25) is 0 Å². The molecule has 54 valence electrons. The summed E-state index contributed by atoms with van der Waals surface area (Å²) in [7, 11) is 0. The van der Waals surface area contributed by atoms with Crippen LogP contribution in [0.15, 0.2) is 0 Å². The normalized spacial score (nSPS) is 28.9. The van der Waals surface area contributed by atoms with Crippen molar-refractivity contribution in [3.8, 4) is 0 Å². The minimum Gasteiger partial charge on any atom is -1.00 e. The predicted octanol–water partition coefficient (Wildman–Crippen LogP) is -2.39. The Morgan fingerprint density at radius 3 is 2.80 bits per heavy atom. The van der Waals surface area contributed by atoms with Crippen molar-refractivity contribution in [2.75, 3.05) is 6.61 Å². The predicted molar refractivity (Wildman–Crippen MR) is 32.3 cm³/mol. The van der Waals surface area contributed by atoms with E-state index in [0.717, 1.165) is 0 Å². The summed E-state index contributed by atoms with van der Waals surface area (Å²) in [6.45, 7) is 2.49. The monoisotopic (exact) mass is 138 g/mol. The van der Waals surface area contributed by atoms with Crippen LogP contribution < -0.4 is 18.9 Å². The summed E-state index contributed by atoms with van der Waals surface area (Å²) < 4.78 is 5.05. The topological polar surface area (TPSA) is 46.5 Å². The van der Waals surface area contributed by atoms with Gasteiger partial charge in [-0.1, -0.05) is 0 Å². The molecular weight excluding hydrogens is 127 g/mol. The maximum absolute atomic E-state index is 10.2. The van der Waals surface area contributed by atoms with Crippen LogP contribution in [0.5, 0.6) is 0 Å². The second-order valence-corrected chi connectivity index (χ2v) is 2.17. The first-order valence-corrected chi connectivity index (χ1v) is 3.10.